The molecule has 0 aliphatic carbocycles. The van der Waals surface area contributed by atoms with Crippen LogP contribution < -0.4 is 5.73 Å². The summed E-state index contributed by atoms with van der Waals surface area (Å²) in [5.41, 5.74) is 6.41. The van der Waals surface area contributed by atoms with Crippen LogP contribution in [0.3, 0.4) is 0 Å². The normalized spacial score (nSPS) is 20.4. The molecule has 1 aromatic heterocycles. The quantitative estimate of drug-likeness (QED) is 0.817. The largest absolute Gasteiger partial charge is 0.398 e. The van der Waals surface area contributed by atoms with Crippen LogP contribution in [0.4, 0.5) is 5.69 Å². The Morgan fingerprint density at radius 2 is 2.50 bits per heavy atom. The maximum absolute atomic E-state index is 12.2. The highest BCUT2D eigenvalue weighted by Crippen LogP contribution is 2.27. The summed E-state index contributed by atoms with van der Waals surface area (Å²) in [6, 6.07) is 1.71. The first-order valence-corrected chi connectivity index (χ1v) is 6.23. The van der Waals surface area contributed by atoms with Gasteiger partial charge in [0, 0.05) is 17.1 Å². The van der Waals surface area contributed by atoms with Crippen molar-refractivity contribution in [2.24, 2.45) is 0 Å². The summed E-state index contributed by atoms with van der Waals surface area (Å²) >= 11 is 1.42. The van der Waals surface area contributed by atoms with E-state index in [-0.39, 0.29) is 18.6 Å². The molecule has 1 amide bonds. The maximum atomic E-state index is 12.2. The third-order valence-corrected chi connectivity index (χ3v) is 4.07. The van der Waals surface area contributed by atoms with Gasteiger partial charge in [-0.3, -0.25) is 4.79 Å². The molecule has 0 unspecified atom stereocenters. The first-order chi connectivity index (χ1) is 7.63. The highest BCUT2D eigenvalue weighted by molar-refractivity contribution is 7.14. The van der Waals surface area contributed by atoms with Crippen LogP contribution >= 0.6 is 11.3 Å². The van der Waals surface area contributed by atoms with Crippen molar-refractivity contribution in [1.29, 1.82) is 0 Å². The van der Waals surface area contributed by atoms with E-state index in [1.807, 2.05) is 6.92 Å². The highest BCUT2D eigenvalue weighted by Gasteiger charge is 2.29. The van der Waals surface area contributed by atoms with Crippen LogP contribution in [0.2, 0.25) is 0 Å². The van der Waals surface area contributed by atoms with Crippen LogP contribution in [-0.4, -0.2) is 35.1 Å². The first kappa shape index (κ1) is 11.4. The van der Waals surface area contributed by atoms with E-state index in [0.29, 0.717) is 10.6 Å². The smallest absolute Gasteiger partial charge is 0.264 e. The summed E-state index contributed by atoms with van der Waals surface area (Å²) < 4.78 is 0. The topological polar surface area (TPSA) is 66.6 Å². The van der Waals surface area contributed by atoms with Gasteiger partial charge in [-0.2, -0.15) is 0 Å². The molecule has 1 aromatic rings. The molecule has 1 aliphatic heterocycles. The summed E-state index contributed by atoms with van der Waals surface area (Å²) in [5.74, 6) is 0.00125. The standard InChI is InChI=1S/C11H16N2O2S/c1-7-9(12)5-10(16-7)11(15)13-4-2-3-8(13)6-14/h5,8,14H,2-4,6,12H2,1H3/t8-/m0/s1. The summed E-state index contributed by atoms with van der Waals surface area (Å²) in [7, 11) is 0. The Morgan fingerprint density at radius 3 is 3.06 bits per heavy atom. The molecular weight excluding hydrogens is 224 g/mol. The van der Waals surface area contributed by atoms with E-state index in [0.717, 1.165) is 24.3 Å². The fourth-order valence-electron chi connectivity index (χ4n) is 2.04. The molecule has 1 fully saturated rings. The number of nitrogens with zero attached hydrogens (tertiary/aromatic N) is 1. The van der Waals surface area contributed by atoms with Crippen LogP contribution in [0, 0.1) is 6.92 Å². The fourth-order valence-corrected chi connectivity index (χ4v) is 2.93. The van der Waals surface area contributed by atoms with Gasteiger partial charge in [-0.05, 0) is 25.8 Å². The van der Waals surface area contributed by atoms with Crippen LogP contribution in [-0.2, 0) is 0 Å². The number of aliphatic hydroxyl groups is 1. The van der Waals surface area contributed by atoms with E-state index in [1.54, 1.807) is 11.0 Å². The number of nitrogen functional groups attached to an aromatic ring is 1. The molecule has 5 heteroatoms. The number of aryl methyl sites for hydroxylation is 1. The zero-order valence-corrected chi connectivity index (χ0v) is 10.1. The van der Waals surface area contributed by atoms with Crippen molar-refractivity contribution in [1.82, 2.24) is 4.90 Å². The second-order valence-corrected chi connectivity index (χ2v) is 5.36. The van der Waals surface area contributed by atoms with Crippen LogP contribution in [0.5, 0.6) is 0 Å². The molecule has 16 heavy (non-hydrogen) atoms. The van der Waals surface area contributed by atoms with E-state index in [9.17, 15) is 9.90 Å². The molecule has 0 bridgehead atoms. The number of carbonyl (C=O) groups is 1. The third kappa shape index (κ3) is 1.92. The number of carbonyl (C=O) groups excluding carboxylic acids is 1. The van der Waals surface area contributed by atoms with Crippen LogP contribution in [0.1, 0.15) is 27.4 Å². The Hall–Kier alpha value is -1.07. The Morgan fingerprint density at radius 1 is 1.75 bits per heavy atom. The van der Waals surface area contributed by atoms with Crippen molar-refractivity contribution >= 4 is 22.9 Å². The minimum Gasteiger partial charge on any atom is -0.398 e. The van der Waals surface area contributed by atoms with Gasteiger partial charge in [0.1, 0.15) is 0 Å². The Labute approximate surface area is 98.7 Å². The van der Waals surface area contributed by atoms with Crippen molar-refractivity contribution in [2.45, 2.75) is 25.8 Å². The van der Waals surface area contributed by atoms with E-state index in [1.165, 1.54) is 11.3 Å². The molecule has 0 spiro atoms. The van der Waals surface area contributed by atoms with E-state index in [2.05, 4.69) is 0 Å². The first-order valence-electron chi connectivity index (χ1n) is 5.41. The zero-order valence-electron chi connectivity index (χ0n) is 9.27. The number of nitrogens with two attached hydrogens (primary N) is 1. The summed E-state index contributed by atoms with van der Waals surface area (Å²) in [6.45, 7) is 2.69. The predicted molar refractivity (Wildman–Crippen MR) is 64.6 cm³/mol. The van der Waals surface area contributed by atoms with E-state index >= 15 is 0 Å². The Kier molecular flexibility index (Phi) is 3.16. The predicted octanol–water partition coefficient (Wildman–Crippen LogP) is 1.24. The maximum Gasteiger partial charge on any atom is 0.264 e. The highest BCUT2D eigenvalue weighted by atomic mass is 32.1. The Balaban J connectivity index is 2.18. The molecular formula is C11H16N2O2S. The van der Waals surface area contributed by atoms with Gasteiger partial charge >= 0.3 is 0 Å². The van der Waals surface area contributed by atoms with Gasteiger partial charge in [-0.15, -0.1) is 11.3 Å². The summed E-state index contributed by atoms with van der Waals surface area (Å²) in [5, 5.41) is 9.18. The molecule has 0 radical (unpaired) electrons. The molecule has 2 rings (SSSR count). The molecule has 2 heterocycles. The van der Waals surface area contributed by atoms with Crippen LogP contribution in [0.25, 0.3) is 0 Å². The van der Waals surface area contributed by atoms with E-state index < -0.39 is 0 Å². The van der Waals surface area contributed by atoms with Crippen molar-refractivity contribution < 1.29 is 9.90 Å². The van der Waals surface area contributed by atoms with Gasteiger partial charge in [-0.25, -0.2) is 0 Å². The number of amides is 1. The number of hydrogen-bond donors (Lipinski definition) is 2. The number of hydrogen-bond acceptors (Lipinski definition) is 4. The average molecular weight is 240 g/mol. The lowest BCUT2D eigenvalue weighted by molar-refractivity contribution is 0.0682. The average Bonchev–Trinajstić information content (AvgIpc) is 2.85. The fraction of sp³-hybridized carbons (Fsp3) is 0.545. The third-order valence-electron chi connectivity index (χ3n) is 3.02. The van der Waals surface area contributed by atoms with Gasteiger partial charge in [0.2, 0.25) is 0 Å². The van der Waals surface area contributed by atoms with Gasteiger partial charge < -0.3 is 15.7 Å². The second kappa shape index (κ2) is 4.43. The summed E-state index contributed by atoms with van der Waals surface area (Å²) in [6.07, 6.45) is 1.86. The van der Waals surface area contributed by atoms with Crippen molar-refractivity contribution in [3.63, 3.8) is 0 Å². The Bertz CT molecular complexity index is 383. The molecule has 0 saturated carbocycles. The van der Waals surface area contributed by atoms with Gasteiger partial charge in [0.05, 0.1) is 17.5 Å². The molecule has 3 N–H and O–H groups in total. The number of anilines is 1. The van der Waals surface area contributed by atoms with E-state index in [4.69, 9.17) is 5.73 Å². The monoisotopic (exact) mass is 240 g/mol. The SMILES string of the molecule is Cc1sc(C(=O)N2CCC[C@H]2CO)cc1N. The molecule has 1 atom stereocenters. The minimum atomic E-state index is -0.0175. The molecule has 1 aliphatic rings. The van der Waals surface area contributed by atoms with Crippen LogP contribution in [0.15, 0.2) is 6.07 Å². The molecule has 88 valence electrons. The van der Waals surface area contributed by atoms with Crippen molar-refractivity contribution in [3.8, 4) is 0 Å². The lowest BCUT2D eigenvalue weighted by Crippen LogP contribution is -2.37. The van der Waals surface area contributed by atoms with Crippen molar-refractivity contribution in [3.05, 3.63) is 15.8 Å². The lowest BCUT2D eigenvalue weighted by Gasteiger charge is -2.22. The lowest BCUT2D eigenvalue weighted by atomic mass is 10.2. The molecule has 0 aromatic carbocycles. The molecule has 1 saturated heterocycles. The second-order valence-electron chi connectivity index (χ2n) is 4.10. The zero-order chi connectivity index (χ0) is 11.7. The number of aliphatic hydroxyl groups excluding tert-OH is 1. The summed E-state index contributed by atoms with van der Waals surface area (Å²) in [4.78, 5) is 15.6. The number of thiophene rings is 1. The van der Waals surface area contributed by atoms with Gasteiger partial charge in [-0.1, -0.05) is 0 Å². The van der Waals surface area contributed by atoms with Gasteiger partial charge in [0.25, 0.3) is 5.91 Å². The molecule has 4 nitrogen and oxygen atoms in total. The number of rotatable bonds is 2. The van der Waals surface area contributed by atoms with Crippen molar-refractivity contribution in [2.75, 3.05) is 18.9 Å². The minimum absolute atomic E-state index is 0.00125. The number of likely N-dealkylation sites (tertiary alicyclic amines) is 1. The van der Waals surface area contributed by atoms with Gasteiger partial charge in [0.15, 0.2) is 0 Å².